The van der Waals surface area contributed by atoms with Crippen LogP contribution in [0.15, 0.2) is 6.07 Å². The number of carbonyl (C=O) groups is 2. The zero-order valence-electron chi connectivity index (χ0n) is 14.1. The highest BCUT2D eigenvalue weighted by atomic mass is 32.1. The van der Waals surface area contributed by atoms with Crippen molar-refractivity contribution in [1.82, 2.24) is 10.9 Å². The van der Waals surface area contributed by atoms with Crippen molar-refractivity contribution < 1.29 is 9.59 Å². The van der Waals surface area contributed by atoms with E-state index in [-0.39, 0.29) is 11.8 Å². The molecule has 2 bridgehead atoms. The second kappa shape index (κ2) is 6.87. The van der Waals surface area contributed by atoms with Gasteiger partial charge in [-0.3, -0.25) is 20.4 Å². The van der Waals surface area contributed by atoms with E-state index < -0.39 is 0 Å². The van der Waals surface area contributed by atoms with Gasteiger partial charge in [-0.15, -0.1) is 11.3 Å². The second-order valence-corrected chi connectivity index (χ2v) is 8.90. The first-order valence-electron chi connectivity index (χ1n) is 9.40. The molecule has 0 unspecified atom stereocenters. The van der Waals surface area contributed by atoms with Gasteiger partial charge in [-0.2, -0.15) is 0 Å². The molecular weight excluding hydrogens is 320 g/mol. The molecule has 3 aliphatic rings. The van der Waals surface area contributed by atoms with Gasteiger partial charge in [0.2, 0.25) is 5.91 Å². The molecular formula is C19H26N2O2S. The average molecular weight is 346 g/mol. The fourth-order valence-corrected chi connectivity index (χ4v) is 6.03. The van der Waals surface area contributed by atoms with Crippen LogP contribution in [0, 0.1) is 17.8 Å². The number of hydrogen-bond donors (Lipinski definition) is 2. The van der Waals surface area contributed by atoms with Gasteiger partial charge in [0.1, 0.15) is 0 Å². The van der Waals surface area contributed by atoms with Gasteiger partial charge >= 0.3 is 0 Å². The van der Waals surface area contributed by atoms with Gasteiger partial charge in [-0.05, 0) is 74.3 Å². The van der Waals surface area contributed by atoms with Gasteiger partial charge in [-0.1, -0.05) is 12.8 Å². The Morgan fingerprint density at radius 3 is 2.75 bits per heavy atom. The van der Waals surface area contributed by atoms with Gasteiger partial charge in [0, 0.05) is 11.3 Å². The lowest BCUT2D eigenvalue weighted by Gasteiger charge is -2.20. The van der Waals surface area contributed by atoms with Crippen molar-refractivity contribution in [2.45, 2.75) is 64.2 Å². The lowest BCUT2D eigenvalue weighted by Crippen LogP contribution is -2.42. The van der Waals surface area contributed by atoms with Crippen molar-refractivity contribution in [3.05, 3.63) is 21.4 Å². The van der Waals surface area contributed by atoms with E-state index in [1.54, 1.807) is 11.3 Å². The summed E-state index contributed by atoms with van der Waals surface area (Å²) in [6, 6.07) is 2.02. The summed E-state index contributed by atoms with van der Waals surface area (Å²) in [6.45, 7) is 0. The summed E-state index contributed by atoms with van der Waals surface area (Å²) in [5.74, 6) is 1.90. The predicted molar refractivity (Wildman–Crippen MR) is 94.7 cm³/mol. The van der Waals surface area contributed by atoms with Crippen LogP contribution < -0.4 is 10.9 Å². The van der Waals surface area contributed by atoms with Crippen LogP contribution in [0.25, 0.3) is 0 Å². The van der Waals surface area contributed by atoms with E-state index in [0.717, 1.165) is 29.6 Å². The molecule has 2 N–H and O–H groups in total. The van der Waals surface area contributed by atoms with Crippen molar-refractivity contribution in [1.29, 1.82) is 0 Å². The van der Waals surface area contributed by atoms with Crippen LogP contribution in [0.3, 0.4) is 0 Å². The largest absolute Gasteiger partial charge is 0.279 e. The Hall–Kier alpha value is -1.36. The molecule has 2 fully saturated rings. The molecule has 0 aromatic carbocycles. The number of carbonyl (C=O) groups excluding carboxylic acids is 2. The minimum Gasteiger partial charge on any atom is -0.273 e. The van der Waals surface area contributed by atoms with Crippen LogP contribution in [-0.2, 0) is 17.6 Å². The summed E-state index contributed by atoms with van der Waals surface area (Å²) in [5.41, 5.74) is 6.57. The molecule has 24 heavy (non-hydrogen) atoms. The Labute approximate surface area is 147 Å². The molecule has 3 aliphatic carbocycles. The average Bonchev–Trinajstić information content (AvgIpc) is 3.25. The molecule has 1 aromatic heterocycles. The first-order chi connectivity index (χ1) is 11.7. The molecule has 5 heteroatoms. The van der Waals surface area contributed by atoms with Crippen LogP contribution in [-0.4, -0.2) is 11.8 Å². The number of hydrogen-bond acceptors (Lipinski definition) is 3. The van der Waals surface area contributed by atoms with Crippen LogP contribution in [0.1, 0.15) is 71.5 Å². The fourth-order valence-electron chi connectivity index (χ4n) is 4.88. The van der Waals surface area contributed by atoms with Crippen molar-refractivity contribution in [3.8, 4) is 0 Å². The van der Waals surface area contributed by atoms with Crippen molar-refractivity contribution in [3.63, 3.8) is 0 Å². The molecule has 0 spiro atoms. The maximum absolute atomic E-state index is 12.3. The minimum absolute atomic E-state index is 0.0426. The number of amides is 2. The molecule has 4 nitrogen and oxygen atoms in total. The van der Waals surface area contributed by atoms with E-state index in [2.05, 4.69) is 10.9 Å². The topological polar surface area (TPSA) is 58.2 Å². The maximum atomic E-state index is 12.3. The number of aryl methyl sites for hydroxylation is 2. The van der Waals surface area contributed by atoms with E-state index in [1.165, 1.54) is 55.4 Å². The summed E-state index contributed by atoms with van der Waals surface area (Å²) in [5, 5.41) is 0. The molecule has 0 saturated heterocycles. The standard InChI is InChI=1S/C19H26N2O2S/c22-18(11-15-9-12-6-7-13(15)8-12)20-21-19(23)17-10-14-4-2-1-3-5-16(14)24-17/h10,12-13,15H,1-9,11H2,(H,20,22)(H,21,23)/t12-,13+,15-/m0/s1. The summed E-state index contributed by atoms with van der Waals surface area (Å²) in [7, 11) is 0. The molecule has 2 amide bonds. The Kier molecular flexibility index (Phi) is 4.61. The lowest BCUT2D eigenvalue weighted by molar-refractivity contribution is -0.123. The van der Waals surface area contributed by atoms with Gasteiger partial charge in [0.05, 0.1) is 4.88 Å². The molecule has 130 valence electrons. The van der Waals surface area contributed by atoms with Gasteiger partial charge in [0.15, 0.2) is 0 Å². The van der Waals surface area contributed by atoms with E-state index in [0.29, 0.717) is 12.3 Å². The number of rotatable bonds is 3. The second-order valence-electron chi connectivity index (χ2n) is 7.76. The van der Waals surface area contributed by atoms with Crippen LogP contribution >= 0.6 is 11.3 Å². The summed E-state index contributed by atoms with van der Waals surface area (Å²) >= 11 is 1.59. The Balaban J connectivity index is 1.28. The van der Waals surface area contributed by atoms with Crippen LogP contribution in [0.5, 0.6) is 0 Å². The molecule has 3 atom stereocenters. The maximum Gasteiger partial charge on any atom is 0.279 e. The highest BCUT2D eigenvalue weighted by molar-refractivity contribution is 7.14. The number of nitrogens with one attached hydrogen (secondary N) is 2. The first-order valence-corrected chi connectivity index (χ1v) is 10.2. The van der Waals surface area contributed by atoms with Gasteiger partial charge in [0.25, 0.3) is 5.91 Å². The minimum atomic E-state index is -0.172. The zero-order chi connectivity index (χ0) is 16.5. The highest BCUT2D eigenvalue weighted by Gasteiger charge is 2.40. The quantitative estimate of drug-likeness (QED) is 0.649. The molecule has 0 radical (unpaired) electrons. The van der Waals surface area contributed by atoms with Crippen molar-refractivity contribution >= 4 is 23.2 Å². The number of fused-ring (bicyclic) bond motifs is 3. The molecule has 2 saturated carbocycles. The van der Waals surface area contributed by atoms with Crippen LogP contribution in [0.2, 0.25) is 0 Å². The van der Waals surface area contributed by atoms with Crippen molar-refractivity contribution in [2.75, 3.05) is 0 Å². The lowest BCUT2D eigenvalue weighted by atomic mass is 9.86. The SMILES string of the molecule is O=C(C[C@@H]1C[C@H]2CC[C@@H]1C2)NNC(=O)c1cc2c(s1)CCCCC2. The van der Waals surface area contributed by atoms with Crippen LogP contribution in [0.4, 0.5) is 0 Å². The van der Waals surface area contributed by atoms with Gasteiger partial charge < -0.3 is 0 Å². The third-order valence-electron chi connectivity index (χ3n) is 6.12. The molecule has 4 rings (SSSR count). The Morgan fingerprint density at radius 1 is 1.08 bits per heavy atom. The Bertz CT molecular complexity index is 616. The number of hydrazine groups is 1. The van der Waals surface area contributed by atoms with E-state index in [1.807, 2.05) is 6.07 Å². The summed E-state index contributed by atoms with van der Waals surface area (Å²) < 4.78 is 0. The summed E-state index contributed by atoms with van der Waals surface area (Å²) in [6.07, 6.45) is 11.6. The monoisotopic (exact) mass is 346 g/mol. The molecule has 1 heterocycles. The normalized spacial score (nSPS) is 28.2. The zero-order valence-corrected chi connectivity index (χ0v) is 14.9. The predicted octanol–water partition coefficient (Wildman–Crippen LogP) is 3.60. The number of thiophene rings is 1. The third kappa shape index (κ3) is 3.37. The first kappa shape index (κ1) is 16.1. The van der Waals surface area contributed by atoms with E-state index in [9.17, 15) is 9.59 Å². The smallest absolute Gasteiger partial charge is 0.273 e. The van der Waals surface area contributed by atoms with E-state index in [4.69, 9.17) is 0 Å². The highest BCUT2D eigenvalue weighted by Crippen LogP contribution is 2.49. The molecule has 1 aromatic rings. The fraction of sp³-hybridized carbons (Fsp3) is 0.684. The van der Waals surface area contributed by atoms with E-state index >= 15 is 0 Å². The van der Waals surface area contributed by atoms with Crippen molar-refractivity contribution in [2.24, 2.45) is 17.8 Å². The van der Waals surface area contributed by atoms with Gasteiger partial charge in [-0.25, -0.2) is 0 Å². The third-order valence-corrected chi connectivity index (χ3v) is 7.35. The Morgan fingerprint density at radius 2 is 1.96 bits per heavy atom. The molecule has 0 aliphatic heterocycles. The summed E-state index contributed by atoms with van der Waals surface area (Å²) in [4.78, 5) is 26.5.